The molecule has 0 unspecified atom stereocenters. The van der Waals surface area contributed by atoms with Gasteiger partial charge < -0.3 is 15.0 Å². The second kappa shape index (κ2) is 10.6. The van der Waals surface area contributed by atoms with Crippen molar-refractivity contribution in [2.45, 2.75) is 0 Å². The average Bonchev–Trinajstić information content (AvgIpc) is 0.811. The molecule has 0 aliphatic rings. The standard InChI is InChI=1S/CH2O3.K.Rb.H/c2-1(3)4;;;/h(H2,2,3,4);;;/q;+1;;/p-1. The van der Waals surface area contributed by atoms with Crippen LogP contribution in [-0.4, -0.2) is 69.4 Å². The van der Waals surface area contributed by atoms with Crippen molar-refractivity contribution < 1.29 is 66.4 Å². The van der Waals surface area contributed by atoms with Crippen LogP contribution in [0.1, 0.15) is 0 Å². The van der Waals surface area contributed by atoms with Gasteiger partial charge in [0.2, 0.25) is 6.16 Å². The molecule has 0 saturated heterocycles. The molecule has 5 heteroatoms. The summed E-state index contributed by atoms with van der Waals surface area (Å²) in [5, 5.41) is 15.3. The first-order chi connectivity index (χ1) is 1.73. The monoisotopic (exact) mass is 186 g/mol. The van der Waals surface area contributed by atoms with Crippen molar-refractivity contribution in [2.75, 3.05) is 0 Å². The molecule has 0 fully saturated rings. The zero-order chi connectivity index (χ0) is 3.58. The first-order valence-corrected chi connectivity index (χ1v) is 0.632. The molecule has 26 valence electrons. The normalized spacial score (nSPS) is 4.00. The van der Waals surface area contributed by atoms with E-state index in [9.17, 15) is 0 Å². The molecule has 0 aromatic rings. The van der Waals surface area contributed by atoms with Gasteiger partial charge in [0.1, 0.15) is 0 Å². The molecule has 1 N–H and O–H groups in total. The van der Waals surface area contributed by atoms with Crippen molar-refractivity contribution in [3.05, 3.63) is 0 Å². The Labute approximate surface area is 127 Å². The predicted octanol–water partition coefficient (Wildman–Crippen LogP) is -4.76. The second-order valence-electron chi connectivity index (χ2n) is 0.266. The van der Waals surface area contributed by atoms with Gasteiger partial charge in [0.05, 0.1) is 0 Å². The fraction of sp³-hybridized carbons (Fsp3) is 0. The number of carbonyl (C=O) groups is 1. The third-order valence-electron chi connectivity index (χ3n) is 0. The second-order valence-corrected chi connectivity index (χ2v) is 0.266. The third-order valence-corrected chi connectivity index (χ3v) is 0. The van der Waals surface area contributed by atoms with Crippen molar-refractivity contribution in [1.29, 1.82) is 0 Å². The van der Waals surface area contributed by atoms with Crippen LogP contribution in [0.5, 0.6) is 0 Å². The fourth-order valence-corrected chi connectivity index (χ4v) is 0. The van der Waals surface area contributed by atoms with E-state index in [1.165, 1.54) is 0 Å². The first-order valence-electron chi connectivity index (χ1n) is 0.632. The van der Waals surface area contributed by atoms with E-state index in [1.54, 1.807) is 0 Å². The van der Waals surface area contributed by atoms with Crippen molar-refractivity contribution in [3.8, 4) is 0 Å². The van der Waals surface area contributed by atoms with Crippen LogP contribution in [0.25, 0.3) is 0 Å². The maximum atomic E-state index is 8.44. The molecular weight excluding hydrogens is 185 g/mol. The zero-order valence-corrected chi connectivity index (χ0v) is 5.89. The number of rotatable bonds is 0. The van der Waals surface area contributed by atoms with E-state index < -0.39 is 6.16 Å². The Hall–Kier alpha value is 2.71. The topological polar surface area (TPSA) is 60.4 Å². The van der Waals surface area contributed by atoms with Crippen LogP contribution in [0.4, 0.5) is 4.79 Å². The van der Waals surface area contributed by atoms with Crippen LogP contribution < -0.4 is 56.5 Å². The van der Waals surface area contributed by atoms with Crippen molar-refractivity contribution in [2.24, 2.45) is 0 Å². The van der Waals surface area contributed by atoms with E-state index in [0.29, 0.717) is 0 Å². The van der Waals surface area contributed by atoms with E-state index in [0.717, 1.165) is 0 Å². The molecule has 0 atom stereocenters. The van der Waals surface area contributed by atoms with Crippen LogP contribution in [0.2, 0.25) is 0 Å². The van der Waals surface area contributed by atoms with E-state index in [4.69, 9.17) is 15.0 Å². The SMILES string of the molecule is O=C([O-])O.[K+].[RbH]. The molecule has 0 aromatic heterocycles. The predicted molar refractivity (Wildman–Crippen MR) is 15.2 cm³/mol. The quantitative estimate of drug-likeness (QED) is 0.387. The van der Waals surface area contributed by atoms with Gasteiger partial charge in [0.25, 0.3) is 0 Å². The molecule has 0 radical (unpaired) electrons. The fourth-order valence-electron chi connectivity index (χ4n) is 0. The van der Waals surface area contributed by atoms with Gasteiger partial charge in [-0.25, -0.2) is 0 Å². The summed E-state index contributed by atoms with van der Waals surface area (Å²) < 4.78 is 0. The minimum atomic E-state index is -2.08. The molecule has 0 aliphatic carbocycles. The molecule has 0 aliphatic heterocycles. The molecule has 0 rings (SSSR count). The number of hydrogen-bond acceptors (Lipinski definition) is 2. The summed E-state index contributed by atoms with van der Waals surface area (Å²) in [5.41, 5.74) is 0. The average molecular weight is 187 g/mol. The molecule has 0 amide bonds. The van der Waals surface area contributed by atoms with Gasteiger partial charge in [-0.1, -0.05) is 0 Å². The third kappa shape index (κ3) is 29.8. The Morgan fingerprint density at radius 3 is 1.67 bits per heavy atom. The minimum absolute atomic E-state index is 0. The van der Waals surface area contributed by atoms with Crippen LogP contribution in [-0.2, 0) is 0 Å². The zero-order valence-electron chi connectivity index (χ0n) is 2.76. The van der Waals surface area contributed by atoms with E-state index in [1.807, 2.05) is 0 Å². The Bertz CT molecular complexity index is 33.8. The molecule has 0 spiro atoms. The summed E-state index contributed by atoms with van der Waals surface area (Å²) in [6.45, 7) is 0. The molecule has 0 heterocycles. The van der Waals surface area contributed by atoms with Crippen molar-refractivity contribution >= 4 is 64.3 Å². The maximum absolute atomic E-state index is 8.44. The van der Waals surface area contributed by atoms with Gasteiger partial charge in [-0.15, -0.1) is 0 Å². The van der Waals surface area contributed by atoms with Crippen molar-refractivity contribution in [3.63, 3.8) is 0 Å². The summed E-state index contributed by atoms with van der Waals surface area (Å²) in [6.07, 6.45) is -2.08. The molecule has 3 nitrogen and oxygen atoms in total. The summed E-state index contributed by atoms with van der Waals surface area (Å²) in [4.78, 5) is 8.44. The Morgan fingerprint density at radius 1 is 1.67 bits per heavy atom. The van der Waals surface area contributed by atoms with Crippen LogP contribution in [0.15, 0.2) is 0 Å². The number of hydrogen-bond donors (Lipinski definition) is 1. The molecular formula is CH2KO3Rb. The molecule has 0 aromatic carbocycles. The van der Waals surface area contributed by atoms with Crippen LogP contribution in [0.3, 0.4) is 0 Å². The van der Waals surface area contributed by atoms with Gasteiger partial charge in [-0.3, -0.25) is 0 Å². The Morgan fingerprint density at radius 2 is 1.67 bits per heavy atom. The van der Waals surface area contributed by atoms with Crippen LogP contribution >= 0.6 is 0 Å². The van der Waals surface area contributed by atoms with Gasteiger partial charge in [-0.05, 0) is 0 Å². The Balaban J connectivity index is -0.0000000450. The van der Waals surface area contributed by atoms with Crippen LogP contribution in [0, 0.1) is 0 Å². The summed E-state index contributed by atoms with van der Waals surface area (Å²) in [6, 6.07) is 0. The summed E-state index contributed by atoms with van der Waals surface area (Å²) in [7, 11) is 0. The summed E-state index contributed by atoms with van der Waals surface area (Å²) in [5.74, 6) is 0. The van der Waals surface area contributed by atoms with E-state index in [2.05, 4.69) is 0 Å². The molecule has 0 bridgehead atoms. The van der Waals surface area contributed by atoms with Gasteiger partial charge in [0.15, 0.2) is 0 Å². The Kier molecular flexibility index (Phi) is 28.2. The van der Waals surface area contributed by atoms with Gasteiger partial charge in [0, 0.05) is 0 Å². The van der Waals surface area contributed by atoms with E-state index in [-0.39, 0.29) is 110 Å². The first kappa shape index (κ1) is 15.9. The van der Waals surface area contributed by atoms with Gasteiger partial charge >= 0.3 is 110 Å². The molecule has 6 heavy (non-hydrogen) atoms. The van der Waals surface area contributed by atoms with Crippen molar-refractivity contribution in [1.82, 2.24) is 0 Å². The number of carboxylic acid groups (broad SMARTS) is 2. The molecule has 0 saturated carbocycles. The van der Waals surface area contributed by atoms with Gasteiger partial charge in [-0.2, -0.15) is 0 Å². The van der Waals surface area contributed by atoms with E-state index >= 15 is 0 Å². The summed E-state index contributed by atoms with van der Waals surface area (Å²) >= 11 is 0.